The van der Waals surface area contributed by atoms with Crippen LogP contribution in [0.15, 0.2) is 36.4 Å². The van der Waals surface area contributed by atoms with Crippen molar-refractivity contribution in [3.05, 3.63) is 47.5 Å². The molecule has 22 heavy (non-hydrogen) atoms. The fraction of sp³-hybridized carbons (Fsp3) is 0.444. The average Bonchev–Trinajstić information content (AvgIpc) is 2.57. The van der Waals surface area contributed by atoms with E-state index in [0.717, 1.165) is 11.5 Å². The van der Waals surface area contributed by atoms with E-state index in [1.54, 1.807) is 23.5 Å². The van der Waals surface area contributed by atoms with Crippen LogP contribution in [0.3, 0.4) is 0 Å². The molecule has 2 rings (SSSR count). The van der Waals surface area contributed by atoms with Crippen molar-refractivity contribution in [2.45, 2.75) is 36.2 Å². The Hall–Kier alpha value is -1.36. The number of nitriles is 2. The SMILES string of the molecule is CCSC(C#N)C1C=CC(C(C#N)SCC)c2ccccc21. The van der Waals surface area contributed by atoms with Crippen molar-refractivity contribution in [1.82, 2.24) is 0 Å². The van der Waals surface area contributed by atoms with Crippen molar-refractivity contribution in [3.8, 4) is 12.1 Å². The molecule has 0 aromatic heterocycles. The van der Waals surface area contributed by atoms with Gasteiger partial charge in [0.25, 0.3) is 0 Å². The van der Waals surface area contributed by atoms with E-state index >= 15 is 0 Å². The van der Waals surface area contributed by atoms with E-state index in [1.807, 2.05) is 12.1 Å². The predicted octanol–water partition coefficient (Wildman–Crippen LogP) is 4.71. The van der Waals surface area contributed by atoms with Crippen LogP contribution < -0.4 is 0 Å². The average molecular weight is 329 g/mol. The van der Waals surface area contributed by atoms with Gasteiger partial charge in [-0.15, -0.1) is 23.5 Å². The quantitative estimate of drug-likeness (QED) is 0.709. The summed E-state index contributed by atoms with van der Waals surface area (Å²) >= 11 is 3.38. The van der Waals surface area contributed by atoms with Gasteiger partial charge in [0.05, 0.1) is 12.1 Å². The Kier molecular flexibility index (Phi) is 6.43. The monoisotopic (exact) mass is 328 g/mol. The minimum atomic E-state index is -0.0669. The van der Waals surface area contributed by atoms with Gasteiger partial charge >= 0.3 is 0 Å². The lowest BCUT2D eigenvalue weighted by atomic mass is 9.79. The second kappa shape index (κ2) is 8.32. The molecule has 2 nitrogen and oxygen atoms in total. The van der Waals surface area contributed by atoms with Crippen LogP contribution in [-0.4, -0.2) is 22.0 Å². The molecule has 0 amide bonds. The summed E-state index contributed by atoms with van der Waals surface area (Å²) in [5.74, 6) is 2.10. The molecule has 4 atom stereocenters. The first-order valence-electron chi connectivity index (χ1n) is 7.56. The van der Waals surface area contributed by atoms with Crippen LogP contribution in [0.2, 0.25) is 0 Å². The fourth-order valence-electron chi connectivity index (χ4n) is 2.89. The molecule has 0 N–H and O–H groups in total. The minimum Gasteiger partial charge on any atom is -0.197 e. The van der Waals surface area contributed by atoms with Crippen LogP contribution in [0.5, 0.6) is 0 Å². The zero-order valence-corrected chi connectivity index (χ0v) is 14.5. The molecular formula is C18H20N2S2. The highest BCUT2D eigenvalue weighted by molar-refractivity contribution is 8.00. The maximum atomic E-state index is 9.48. The van der Waals surface area contributed by atoms with E-state index in [4.69, 9.17) is 0 Å². The first-order valence-corrected chi connectivity index (χ1v) is 9.66. The molecule has 0 aliphatic heterocycles. The smallest absolute Gasteiger partial charge is 0.102 e. The normalized spacial score (nSPS) is 22.2. The molecule has 0 heterocycles. The number of fused-ring (bicyclic) bond motifs is 1. The summed E-state index contributed by atoms with van der Waals surface area (Å²) < 4.78 is 0. The Morgan fingerprint density at radius 3 is 1.64 bits per heavy atom. The van der Waals surface area contributed by atoms with E-state index in [-0.39, 0.29) is 22.3 Å². The lowest BCUT2D eigenvalue weighted by Gasteiger charge is -2.30. The Balaban J connectivity index is 2.39. The lowest BCUT2D eigenvalue weighted by Crippen LogP contribution is -2.22. The summed E-state index contributed by atoms with van der Waals surface area (Å²) in [5, 5.41) is 18.8. The summed E-state index contributed by atoms with van der Waals surface area (Å²) in [6.07, 6.45) is 4.29. The van der Waals surface area contributed by atoms with Crippen LogP contribution in [0, 0.1) is 22.7 Å². The van der Waals surface area contributed by atoms with E-state index in [2.05, 4.69) is 50.3 Å². The van der Waals surface area contributed by atoms with Gasteiger partial charge in [0, 0.05) is 11.8 Å². The highest BCUT2D eigenvalue weighted by atomic mass is 32.2. The maximum Gasteiger partial charge on any atom is 0.102 e. The van der Waals surface area contributed by atoms with Crippen LogP contribution in [-0.2, 0) is 0 Å². The van der Waals surface area contributed by atoms with Gasteiger partial charge in [0.1, 0.15) is 10.5 Å². The molecule has 1 aliphatic carbocycles. The van der Waals surface area contributed by atoms with Gasteiger partial charge in [0.15, 0.2) is 0 Å². The van der Waals surface area contributed by atoms with E-state index in [9.17, 15) is 10.5 Å². The second-order valence-electron chi connectivity index (χ2n) is 5.08. The molecule has 0 fully saturated rings. The second-order valence-corrected chi connectivity index (χ2v) is 7.91. The number of thioether (sulfide) groups is 2. The molecule has 0 saturated heterocycles. The molecule has 0 radical (unpaired) electrons. The zero-order chi connectivity index (χ0) is 15.9. The van der Waals surface area contributed by atoms with Crippen molar-refractivity contribution < 1.29 is 0 Å². The first-order chi connectivity index (χ1) is 10.8. The van der Waals surface area contributed by atoms with Crippen molar-refractivity contribution in [3.63, 3.8) is 0 Å². The van der Waals surface area contributed by atoms with Gasteiger partial charge in [-0.2, -0.15) is 10.5 Å². The zero-order valence-electron chi connectivity index (χ0n) is 12.9. The number of nitrogens with zero attached hydrogens (tertiary/aromatic N) is 2. The fourth-order valence-corrected chi connectivity index (χ4v) is 4.65. The third-order valence-corrected chi connectivity index (χ3v) is 6.02. The summed E-state index contributed by atoms with van der Waals surface area (Å²) in [7, 11) is 0. The van der Waals surface area contributed by atoms with Gasteiger partial charge in [-0.05, 0) is 22.6 Å². The number of rotatable bonds is 6. The third-order valence-electron chi connectivity index (χ3n) is 3.84. The van der Waals surface area contributed by atoms with Crippen molar-refractivity contribution >= 4 is 23.5 Å². The van der Waals surface area contributed by atoms with Crippen molar-refractivity contribution in [1.29, 1.82) is 10.5 Å². The van der Waals surface area contributed by atoms with Crippen LogP contribution in [0.4, 0.5) is 0 Å². The molecule has 0 bridgehead atoms. The Bertz CT molecular complexity index is 559. The molecule has 4 heteroatoms. The Morgan fingerprint density at radius 2 is 1.32 bits per heavy atom. The van der Waals surface area contributed by atoms with Crippen molar-refractivity contribution in [2.24, 2.45) is 0 Å². The van der Waals surface area contributed by atoms with Gasteiger partial charge in [0.2, 0.25) is 0 Å². The Labute approximate surface area is 141 Å². The van der Waals surface area contributed by atoms with Gasteiger partial charge in [-0.3, -0.25) is 0 Å². The number of benzene rings is 1. The van der Waals surface area contributed by atoms with Gasteiger partial charge in [-0.25, -0.2) is 0 Å². The van der Waals surface area contributed by atoms with Crippen LogP contribution in [0.25, 0.3) is 0 Å². The van der Waals surface area contributed by atoms with Crippen molar-refractivity contribution in [2.75, 3.05) is 11.5 Å². The molecule has 114 valence electrons. The summed E-state index contributed by atoms with van der Waals surface area (Å²) in [6, 6.07) is 13.2. The van der Waals surface area contributed by atoms with Gasteiger partial charge < -0.3 is 0 Å². The summed E-state index contributed by atoms with van der Waals surface area (Å²) in [4.78, 5) is 0. The summed E-state index contributed by atoms with van der Waals surface area (Å²) in [6.45, 7) is 4.17. The number of hydrogen-bond donors (Lipinski definition) is 0. The standard InChI is InChI=1S/C18H20N2S2/c1-3-21-17(11-19)15-9-10-16(18(12-20)22-4-2)14-8-6-5-7-13(14)15/h5-10,15-18H,3-4H2,1-2H3. The topological polar surface area (TPSA) is 47.6 Å². The minimum absolute atomic E-state index is 0.0669. The largest absolute Gasteiger partial charge is 0.197 e. The van der Waals surface area contributed by atoms with Crippen LogP contribution >= 0.6 is 23.5 Å². The summed E-state index contributed by atoms with van der Waals surface area (Å²) in [5.41, 5.74) is 2.42. The molecule has 1 aromatic rings. The highest BCUT2D eigenvalue weighted by Crippen LogP contribution is 2.42. The highest BCUT2D eigenvalue weighted by Gasteiger charge is 2.32. The molecule has 0 saturated carbocycles. The molecule has 0 spiro atoms. The van der Waals surface area contributed by atoms with E-state index < -0.39 is 0 Å². The predicted molar refractivity (Wildman–Crippen MR) is 96.1 cm³/mol. The Morgan fingerprint density at radius 1 is 0.909 bits per heavy atom. The maximum absolute atomic E-state index is 9.48. The van der Waals surface area contributed by atoms with Gasteiger partial charge in [-0.1, -0.05) is 50.3 Å². The van der Waals surface area contributed by atoms with E-state index in [0.29, 0.717) is 0 Å². The molecule has 4 unspecified atom stereocenters. The van der Waals surface area contributed by atoms with Crippen LogP contribution in [0.1, 0.15) is 36.8 Å². The third kappa shape index (κ3) is 3.51. The molecule has 1 aromatic carbocycles. The first kappa shape index (κ1) is 17.0. The number of hydrogen-bond acceptors (Lipinski definition) is 4. The molecule has 1 aliphatic rings. The molecular weight excluding hydrogens is 308 g/mol. The number of allylic oxidation sites excluding steroid dienone is 2. The van der Waals surface area contributed by atoms with E-state index in [1.165, 1.54) is 11.1 Å². The lowest BCUT2D eigenvalue weighted by molar-refractivity contribution is 0.774.